The van der Waals surface area contributed by atoms with Crippen molar-refractivity contribution in [2.75, 3.05) is 6.54 Å². The molecule has 0 fully saturated rings. The van der Waals surface area contributed by atoms with Crippen LogP contribution in [0.25, 0.3) is 0 Å². The second-order valence-corrected chi connectivity index (χ2v) is 2.44. The highest BCUT2D eigenvalue weighted by Crippen LogP contribution is 1.91. The fourth-order valence-corrected chi connectivity index (χ4v) is 0.676. The smallest absolute Gasteiger partial charge is 0.312 e. The van der Waals surface area contributed by atoms with Gasteiger partial charge in [-0.1, -0.05) is 0 Å². The van der Waals surface area contributed by atoms with E-state index >= 15 is 0 Å². The van der Waals surface area contributed by atoms with Crippen molar-refractivity contribution in [2.24, 2.45) is 17.2 Å². The lowest BCUT2D eigenvalue weighted by Crippen LogP contribution is -2.37. The Morgan fingerprint density at radius 1 is 1.31 bits per heavy atom. The Morgan fingerprint density at radius 2 is 1.85 bits per heavy atom. The van der Waals surface area contributed by atoms with Gasteiger partial charge >= 0.3 is 6.03 Å². The second kappa shape index (κ2) is 7.63. The Kier molecular flexibility index (Phi) is 8.52. The minimum absolute atomic E-state index is 0. The van der Waals surface area contributed by atoms with E-state index in [1.807, 2.05) is 0 Å². The number of nitrogens with two attached hydrogens (primary N) is 3. The molecule has 0 spiro atoms. The zero-order valence-electron chi connectivity index (χ0n) is 7.16. The number of urea groups is 1. The average molecular weight is 211 g/mol. The topological polar surface area (TPSA) is 124 Å². The predicted octanol–water partition coefficient (Wildman–Crippen LogP) is -1.33. The van der Waals surface area contributed by atoms with Gasteiger partial charge in [0.05, 0.1) is 6.04 Å². The van der Waals surface area contributed by atoms with Gasteiger partial charge in [0.2, 0.25) is 5.91 Å². The van der Waals surface area contributed by atoms with E-state index in [-0.39, 0.29) is 12.4 Å². The molecule has 0 rings (SSSR count). The number of carbonyl (C=O) groups excluding carboxylic acids is 2. The van der Waals surface area contributed by atoms with E-state index in [9.17, 15) is 9.59 Å². The highest BCUT2D eigenvalue weighted by Gasteiger charge is 2.07. The van der Waals surface area contributed by atoms with Crippen molar-refractivity contribution in [1.29, 1.82) is 0 Å². The first kappa shape index (κ1) is 14.5. The SMILES string of the molecule is Cl.NC(=O)NCCC[C@H](N)C(N)=O. The third kappa shape index (κ3) is 8.90. The van der Waals surface area contributed by atoms with Crippen molar-refractivity contribution in [3.05, 3.63) is 0 Å². The summed E-state index contributed by atoms with van der Waals surface area (Å²) in [5, 5.41) is 2.37. The van der Waals surface area contributed by atoms with Gasteiger partial charge < -0.3 is 22.5 Å². The zero-order chi connectivity index (χ0) is 9.56. The van der Waals surface area contributed by atoms with Gasteiger partial charge in [0.1, 0.15) is 0 Å². The molecule has 0 aliphatic carbocycles. The average Bonchev–Trinajstić information content (AvgIpc) is 1.97. The molecule has 0 aliphatic heterocycles. The molecule has 1 atom stereocenters. The van der Waals surface area contributed by atoms with Crippen LogP contribution >= 0.6 is 12.4 Å². The standard InChI is InChI=1S/C6H14N4O2.ClH/c7-4(5(8)11)2-1-3-10-6(9)12;/h4H,1-3,7H2,(H2,8,11)(H3,9,10,12);1H/t4-;/m0./s1. The first-order valence-corrected chi connectivity index (χ1v) is 3.62. The van der Waals surface area contributed by atoms with Crippen LogP contribution in [0.4, 0.5) is 4.79 Å². The maximum absolute atomic E-state index is 10.4. The zero-order valence-corrected chi connectivity index (χ0v) is 7.97. The third-order valence-corrected chi connectivity index (χ3v) is 1.36. The first-order valence-electron chi connectivity index (χ1n) is 3.62. The Bertz CT molecular complexity index is 176. The molecular weight excluding hydrogens is 196 g/mol. The molecule has 0 aromatic carbocycles. The van der Waals surface area contributed by atoms with E-state index in [0.717, 1.165) is 0 Å². The van der Waals surface area contributed by atoms with Crippen LogP contribution < -0.4 is 22.5 Å². The van der Waals surface area contributed by atoms with Gasteiger partial charge in [0.15, 0.2) is 0 Å². The summed E-state index contributed by atoms with van der Waals surface area (Å²) in [6, 6.07) is -1.22. The number of rotatable bonds is 5. The van der Waals surface area contributed by atoms with Gasteiger partial charge in [-0.05, 0) is 12.8 Å². The summed E-state index contributed by atoms with van der Waals surface area (Å²) in [4.78, 5) is 20.6. The number of amides is 3. The summed E-state index contributed by atoms with van der Waals surface area (Å²) in [7, 11) is 0. The van der Waals surface area contributed by atoms with E-state index < -0.39 is 18.0 Å². The molecule has 7 N–H and O–H groups in total. The maximum atomic E-state index is 10.4. The van der Waals surface area contributed by atoms with Crippen molar-refractivity contribution < 1.29 is 9.59 Å². The summed E-state index contributed by atoms with van der Waals surface area (Å²) in [6.45, 7) is 0.413. The van der Waals surface area contributed by atoms with Crippen LogP contribution in [0.3, 0.4) is 0 Å². The first-order chi connectivity index (χ1) is 5.54. The lowest BCUT2D eigenvalue weighted by molar-refractivity contribution is -0.119. The Morgan fingerprint density at radius 3 is 2.23 bits per heavy atom. The molecule has 0 unspecified atom stereocenters. The number of hydrogen-bond donors (Lipinski definition) is 4. The number of hydrogen-bond acceptors (Lipinski definition) is 3. The van der Waals surface area contributed by atoms with Gasteiger partial charge in [-0.25, -0.2) is 4.79 Å². The summed E-state index contributed by atoms with van der Waals surface area (Å²) >= 11 is 0. The fourth-order valence-electron chi connectivity index (χ4n) is 0.676. The van der Waals surface area contributed by atoms with Crippen LogP contribution in [-0.4, -0.2) is 24.5 Å². The van der Waals surface area contributed by atoms with Crippen LogP contribution in [0.2, 0.25) is 0 Å². The van der Waals surface area contributed by atoms with Crippen LogP contribution in [0, 0.1) is 0 Å². The van der Waals surface area contributed by atoms with E-state index in [4.69, 9.17) is 17.2 Å². The van der Waals surface area contributed by atoms with Gasteiger partial charge in [-0.3, -0.25) is 4.79 Å². The Hall–Kier alpha value is -1.01. The molecule has 0 heterocycles. The largest absolute Gasteiger partial charge is 0.368 e. The number of primary amides is 2. The van der Waals surface area contributed by atoms with Gasteiger partial charge in [-0.2, -0.15) is 0 Å². The molecule has 6 nitrogen and oxygen atoms in total. The Balaban J connectivity index is 0. The lowest BCUT2D eigenvalue weighted by Gasteiger charge is -2.06. The molecule has 0 saturated carbocycles. The third-order valence-electron chi connectivity index (χ3n) is 1.36. The summed E-state index contributed by atoms with van der Waals surface area (Å²) in [5.74, 6) is -0.533. The molecule has 0 aromatic heterocycles. The predicted molar refractivity (Wildman–Crippen MR) is 51.2 cm³/mol. The van der Waals surface area contributed by atoms with E-state index in [2.05, 4.69) is 5.32 Å². The van der Waals surface area contributed by atoms with Crippen LogP contribution in [0.1, 0.15) is 12.8 Å². The normalized spacial score (nSPS) is 11.2. The van der Waals surface area contributed by atoms with Gasteiger partial charge in [-0.15, -0.1) is 12.4 Å². The molecule has 0 radical (unpaired) electrons. The monoisotopic (exact) mass is 210 g/mol. The molecule has 0 aromatic rings. The van der Waals surface area contributed by atoms with Gasteiger partial charge in [0, 0.05) is 6.54 Å². The molecular formula is C6H15ClN4O2. The van der Waals surface area contributed by atoms with Crippen LogP contribution in [0.15, 0.2) is 0 Å². The summed E-state index contributed by atoms with van der Waals surface area (Å²) in [6.07, 6.45) is 1.04. The summed E-state index contributed by atoms with van der Waals surface area (Å²) < 4.78 is 0. The summed E-state index contributed by atoms with van der Waals surface area (Å²) in [5.41, 5.74) is 15.0. The Labute approximate surface area is 82.6 Å². The molecule has 0 saturated heterocycles. The van der Waals surface area contributed by atoms with E-state index in [0.29, 0.717) is 19.4 Å². The number of nitrogens with one attached hydrogen (secondary N) is 1. The molecule has 0 aliphatic rings. The molecule has 78 valence electrons. The van der Waals surface area contributed by atoms with Crippen molar-refractivity contribution in [2.45, 2.75) is 18.9 Å². The quantitative estimate of drug-likeness (QED) is 0.420. The number of carbonyl (C=O) groups is 2. The van der Waals surface area contributed by atoms with Crippen molar-refractivity contribution >= 4 is 24.3 Å². The van der Waals surface area contributed by atoms with Crippen LogP contribution in [0.5, 0.6) is 0 Å². The number of halogens is 1. The fraction of sp³-hybridized carbons (Fsp3) is 0.667. The molecule has 13 heavy (non-hydrogen) atoms. The highest BCUT2D eigenvalue weighted by molar-refractivity contribution is 5.85. The van der Waals surface area contributed by atoms with E-state index in [1.54, 1.807) is 0 Å². The van der Waals surface area contributed by atoms with Gasteiger partial charge in [0.25, 0.3) is 0 Å². The molecule has 3 amide bonds. The van der Waals surface area contributed by atoms with Crippen molar-refractivity contribution in [3.63, 3.8) is 0 Å². The molecule has 0 bridgehead atoms. The van der Waals surface area contributed by atoms with E-state index in [1.165, 1.54) is 0 Å². The molecule has 7 heteroatoms. The minimum Gasteiger partial charge on any atom is -0.368 e. The highest BCUT2D eigenvalue weighted by atomic mass is 35.5. The lowest BCUT2D eigenvalue weighted by atomic mass is 10.1. The maximum Gasteiger partial charge on any atom is 0.312 e. The second-order valence-electron chi connectivity index (χ2n) is 2.44. The van der Waals surface area contributed by atoms with Crippen molar-refractivity contribution in [1.82, 2.24) is 5.32 Å². The minimum atomic E-state index is -0.639. The van der Waals surface area contributed by atoms with Crippen molar-refractivity contribution in [3.8, 4) is 0 Å². The van der Waals surface area contributed by atoms with Crippen LogP contribution in [-0.2, 0) is 4.79 Å².